The monoisotopic (exact) mass is 400 g/mol. The molecule has 0 aliphatic heterocycles. The van der Waals surface area contributed by atoms with E-state index in [4.69, 9.17) is 12.2 Å². The van der Waals surface area contributed by atoms with E-state index < -0.39 is 10.8 Å². The zero-order valence-electron chi connectivity index (χ0n) is 14.8. The number of nitrogens with one attached hydrogen (secondary N) is 2. The van der Waals surface area contributed by atoms with Crippen LogP contribution in [0.4, 0.5) is 10.8 Å². The van der Waals surface area contributed by atoms with Gasteiger partial charge in [0.15, 0.2) is 10.2 Å². The Hall–Kier alpha value is -2.91. The van der Waals surface area contributed by atoms with E-state index in [1.54, 1.807) is 6.92 Å². The van der Waals surface area contributed by atoms with Crippen LogP contribution in [0.2, 0.25) is 0 Å². The molecule has 1 aromatic heterocycles. The minimum Gasteiger partial charge on any atom is -0.308 e. The van der Waals surface area contributed by atoms with Gasteiger partial charge in [0.05, 0.1) is 15.1 Å². The summed E-state index contributed by atoms with van der Waals surface area (Å²) in [7, 11) is 0. The number of hydrogen-bond donors (Lipinski definition) is 2. The number of hydrogen-bond acceptors (Lipinski definition) is 6. The van der Waals surface area contributed by atoms with Gasteiger partial charge in [0.25, 0.3) is 11.6 Å². The molecule has 0 bridgehead atoms. The summed E-state index contributed by atoms with van der Waals surface area (Å²) in [6.45, 7) is 5.62. The van der Waals surface area contributed by atoms with Gasteiger partial charge in [-0.1, -0.05) is 23.5 Å². The number of aromatic nitrogens is 1. The van der Waals surface area contributed by atoms with Crippen LogP contribution < -0.4 is 10.6 Å². The van der Waals surface area contributed by atoms with Crippen molar-refractivity contribution in [2.75, 3.05) is 5.32 Å². The molecule has 2 N–H and O–H groups in total. The van der Waals surface area contributed by atoms with Crippen molar-refractivity contribution in [3.05, 3.63) is 62.7 Å². The van der Waals surface area contributed by atoms with E-state index in [2.05, 4.69) is 21.7 Å². The Bertz CT molecular complexity index is 1090. The Morgan fingerprint density at radius 1 is 1.19 bits per heavy atom. The van der Waals surface area contributed by atoms with Crippen molar-refractivity contribution in [1.29, 1.82) is 0 Å². The fourth-order valence-corrected chi connectivity index (χ4v) is 3.98. The van der Waals surface area contributed by atoms with Crippen LogP contribution >= 0.6 is 23.6 Å². The molecule has 0 spiro atoms. The number of fused-ring (bicyclic) bond motifs is 1. The van der Waals surface area contributed by atoms with Crippen molar-refractivity contribution in [1.82, 2.24) is 10.3 Å². The van der Waals surface area contributed by atoms with Crippen molar-refractivity contribution < 1.29 is 9.72 Å². The quantitative estimate of drug-likeness (QED) is 0.387. The van der Waals surface area contributed by atoms with Gasteiger partial charge < -0.3 is 5.32 Å². The molecule has 3 rings (SSSR count). The van der Waals surface area contributed by atoms with E-state index in [-0.39, 0.29) is 16.4 Å². The van der Waals surface area contributed by atoms with E-state index >= 15 is 0 Å². The average molecular weight is 400 g/mol. The van der Waals surface area contributed by atoms with Gasteiger partial charge in [0.2, 0.25) is 0 Å². The Kier molecular flexibility index (Phi) is 5.15. The predicted octanol–water partition coefficient (Wildman–Crippen LogP) is 4.26. The number of rotatable bonds is 3. The number of thiocarbonyl (C=S) groups is 1. The maximum atomic E-state index is 12.3. The van der Waals surface area contributed by atoms with Crippen LogP contribution in [-0.2, 0) is 0 Å². The topological polar surface area (TPSA) is 97.2 Å². The summed E-state index contributed by atoms with van der Waals surface area (Å²) in [5, 5.41) is 17.1. The van der Waals surface area contributed by atoms with E-state index in [1.807, 2.05) is 19.9 Å². The normalized spacial score (nSPS) is 10.6. The molecule has 1 amide bonds. The molecular weight excluding hydrogens is 384 g/mol. The molecule has 3 aromatic rings. The number of carbonyl (C=O) groups excluding carboxylic acids is 1. The fraction of sp³-hybridized carbons (Fsp3) is 0.167. The first-order valence-corrected chi connectivity index (χ1v) is 9.22. The number of anilines is 1. The van der Waals surface area contributed by atoms with Crippen molar-refractivity contribution in [2.45, 2.75) is 20.8 Å². The Morgan fingerprint density at radius 2 is 1.93 bits per heavy atom. The third-order valence-corrected chi connectivity index (χ3v) is 5.07. The number of thiazole rings is 1. The molecule has 0 fully saturated rings. The lowest BCUT2D eigenvalue weighted by Crippen LogP contribution is -2.34. The molecule has 0 atom stereocenters. The number of nitro benzene ring substituents is 1. The summed E-state index contributed by atoms with van der Waals surface area (Å²) in [5.74, 6) is -0.524. The van der Waals surface area contributed by atoms with Crippen LogP contribution in [0.15, 0.2) is 30.3 Å². The molecule has 0 aliphatic rings. The van der Waals surface area contributed by atoms with Crippen LogP contribution in [0.3, 0.4) is 0 Å². The third-order valence-electron chi connectivity index (χ3n) is 3.95. The van der Waals surface area contributed by atoms with Crippen molar-refractivity contribution in [3.8, 4) is 0 Å². The third kappa shape index (κ3) is 4.09. The number of amides is 1. The van der Waals surface area contributed by atoms with Gasteiger partial charge in [-0.3, -0.25) is 20.2 Å². The van der Waals surface area contributed by atoms with Crippen LogP contribution in [0.5, 0.6) is 0 Å². The highest BCUT2D eigenvalue weighted by Crippen LogP contribution is 2.29. The van der Waals surface area contributed by atoms with E-state index in [1.165, 1.54) is 29.5 Å². The second-order valence-electron chi connectivity index (χ2n) is 6.11. The molecule has 0 radical (unpaired) electrons. The first-order chi connectivity index (χ1) is 12.7. The second kappa shape index (κ2) is 7.37. The van der Waals surface area contributed by atoms with Crippen molar-refractivity contribution in [3.63, 3.8) is 0 Å². The zero-order valence-corrected chi connectivity index (χ0v) is 16.5. The van der Waals surface area contributed by atoms with Gasteiger partial charge in [-0.25, -0.2) is 4.98 Å². The molecule has 0 aliphatic carbocycles. The Balaban J connectivity index is 1.74. The average Bonchev–Trinajstić information content (AvgIpc) is 2.97. The minimum atomic E-state index is -0.524. The highest BCUT2D eigenvalue weighted by atomic mass is 32.1. The minimum absolute atomic E-state index is 0.0802. The Labute approximate surface area is 164 Å². The SMILES string of the molecule is Cc1cc(C)c2nc(NC(=S)NC(=O)c3ccc(C)c([N+](=O)[O-])c3)sc2c1. The molecule has 2 aromatic carbocycles. The zero-order chi connectivity index (χ0) is 19.7. The molecule has 7 nitrogen and oxygen atoms in total. The van der Waals surface area contributed by atoms with E-state index in [9.17, 15) is 14.9 Å². The standard InChI is InChI=1S/C18H16N4O3S2/c1-9-6-11(3)15-14(7-9)27-18(19-15)21-17(26)20-16(23)12-5-4-10(2)13(8-12)22(24)25/h4-8H,1-3H3,(H2,19,20,21,23,26). The van der Waals surface area contributed by atoms with Gasteiger partial charge in [0.1, 0.15) is 0 Å². The van der Waals surface area contributed by atoms with E-state index in [0.29, 0.717) is 10.7 Å². The van der Waals surface area contributed by atoms with Gasteiger partial charge in [-0.15, -0.1) is 0 Å². The Morgan fingerprint density at radius 3 is 2.63 bits per heavy atom. The summed E-state index contributed by atoms with van der Waals surface area (Å²) in [4.78, 5) is 27.3. The second-order valence-corrected chi connectivity index (χ2v) is 7.55. The first-order valence-electron chi connectivity index (χ1n) is 8.00. The number of aryl methyl sites for hydroxylation is 3. The summed E-state index contributed by atoms with van der Waals surface area (Å²) in [6.07, 6.45) is 0. The number of carbonyl (C=O) groups is 1. The first kappa shape index (κ1) is 18.9. The van der Waals surface area contributed by atoms with Gasteiger partial charge in [-0.05, 0) is 56.2 Å². The smallest absolute Gasteiger partial charge is 0.273 e. The van der Waals surface area contributed by atoms with Gasteiger partial charge >= 0.3 is 0 Å². The van der Waals surface area contributed by atoms with Crippen LogP contribution in [0, 0.1) is 30.9 Å². The molecule has 1 heterocycles. The fourth-order valence-electron chi connectivity index (χ4n) is 2.68. The van der Waals surface area contributed by atoms with Crippen LogP contribution in [0.1, 0.15) is 27.0 Å². The molecular formula is C18H16N4O3S2. The number of nitro groups is 1. The lowest BCUT2D eigenvalue weighted by Gasteiger charge is -2.07. The molecule has 9 heteroatoms. The van der Waals surface area contributed by atoms with Gasteiger partial charge in [-0.2, -0.15) is 0 Å². The molecule has 138 valence electrons. The van der Waals surface area contributed by atoms with Crippen LogP contribution in [0.25, 0.3) is 10.2 Å². The highest BCUT2D eigenvalue weighted by molar-refractivity contribution is 7.80. The predicted molar refractivity (Wildman–Crippen MR) is 111 cm³/mol. The summed E-state index contributed by atoms with van der Waals surface area (Å²) in [5.41, 5.74) is 3.63. The summed E-state index contributed by atoms with van der Waals surface area (Å²) >= 11 is 6.61. The molecule has 0 unspecified atom stereocenters. The lowest BCUT2D eigenvalue weighted by atomic mass is 10.1. The summed E-state index contributed by atoms with van der Waals surface area (Å²) in [6, 6.07) is 8.37. The highest BCUT2D eigenvalue weighted by Gasteiger charge is 2.16. The molecule has 0 saturated carbocycles. The number of nitrogens with zero attached hydrogens (tertiary/aromatic N) is 2. The van der Waals surface area contributed by atoms with Crippen molar-refractivity contribution >= 4 is 55.6 Å². The summed E-state index contributed by atoms with van der Waals surface area (Å²) < 4.78 is 1.03. The van der Waals surface area contributed by atoms with Crippen LogP contribution in [-0.4, -0.2) is 20.9 Å². The molecule has 27 heavy (non-hydrogen) atoms. The van der Waals surface area contributed by atoms with E-state index in [0.717, 1.165) is 21.3 Å². The van der Waals surface area contributed by atoms with Crippen molar-refractivity contribution in [2.24, 2.45) is 0 Å². The maximum absolute atomic E-state index is 12.3. The largest absolute Gasteiger partial charge is 0.308 e. The molecule has 0 saturated heterocycles. The number of benzene rings is 2. The maximum Gasteiger partial charge on any atom is 0.273 e. The van der Waals surface area contributed by atoms with Gasteiger partial charge in [0, 0.05) is 17.2 Å². The lowest BCUT2D eigenvalue weighted by molar-refractivity contribution is -0.385.